The second-order valence-corrected chi connectivity index (χ2v) is 6.58. The lowest BCUT2D eigenvalue weighted by Crippen LogP contribution is -2.40. The van der Waals surface area contributed by atoms with Crippen molar-refractivity contribution in [2.45, 2.75) is 31.8 Å². The Hall–Kier alpha value is -0.620. The van der Waals surface area contributed by atoms with E-state index in [1.54, 1.807) is 0 Å². The number of esters is 1. The third kappa shape index (κ3) is 3.45. The molecule has 1 aliphatic heterocycles. The van der Waals surface area contributed by atoms with Gasteiger partial charge in [0.1, 0.15) is 0 Å². The molecule has 5 nitrogen and oxygen atoms in total. The zero-order chi connectivity index (χ0) is 12.3. The lowest BCUT2D eigenvalue weighted by Gasteiger charge is -2.29. The van der Waals surface area contributed by atoms with Gasteiger partial charge in [-0.1, -0.05) is 0 Å². The van der Waals surface area contributed by atoms with Crippen molar-refractivity contribution in [3.63, 3.8) is 0 Å². The molecule has 1 aliphatic rings. The van der Waals surface area contributed by atoms with Gasteiger partial charge in [-0.3, -0.25) is 9.69 Å². The number of rotatable bonds is 4. The summed E-state index contributed by atoms with van der Waals surface area (Å²) in [5, 5.41) is 0. The zero-order valence-electron chi connectivity index (χ0n) is 9.97. The Morgan fingerprint density at radius 3 is 2.62 bits per heavy atom. The number of carbonyl (C=O) groups is 1. The van der Waals surface area contributed by atoms with Crippen molar-refractivity contribution < 1.29 is 17.9 Å². The number of carbonyl (C=O) groups excluding carboxylic acids is 1. The number of sulfone groups is 1. The van der Waals surface area contributed by atoms with E-state index < -0.39 is 9.84 Å². The molecule has 1 heterocycles. The standard InChI is InChI=1S/C10H19NO4S/c1-8(6-10(12)15-3)11(2)9-4-5-16(13,14)7-9/h8-9H,4-7H2,1-3H3. The molecule has 0 spiro atoms. The fourth-order valence-electron chi connectivity index (χ4n) is 1.93. The lowest BCUT2D eigenvalue weighted by atomic mass is 10.1. The minimum Gasteiger partial charge on any atom is -0.469 e. The Morgan fingerprint density at radius 2 is 2.19 bits per heavy atom. The number of nitrogens with zero attached hydrogens (tertiary/aromatic N) is 1. The topological polar surface area (TPSA) is 63.7 Å². The first-order valence-corrected chi connectivity index (χ1v) is 7.17. The second kappa shape index (κ2) is 5.14. The molecular weight excluding hydrogens is 230 g/mol. The van der Waals surface area contributed by atoms with Crippen LogP contribution in [-0.2, 0) is 19.4 Å². The van der Waals surface area contributed by atoms with Crippen molar-refractivity contribution in [3.05, 3.63) is 0 Å². The molecule has 2 unspecified atom stereocenters. The fraction of sp³-hybridized carbons (Fsp3) is 0.900. The summed E-state index contributed by atoms with van der Waals surface area (Å²) in [5.41, 5.74) is 0. The smallest absolute Gasteiger partial charge is 0.307 e. The molecule has 6 heteroatoms. The van der Waals surface area contributed by atoms with Crippen molar-refractivity contribution in [2.24, 2.45) is 0 Å². The normalized spacial score (nSPS) is 25.6. The van der Waals surface area contributed by atoms with Crippen molar-refractivity contribution >= 4 is 15.8 Å². The van der Waals surface area contributed by atoms with Gasteiger partial charge >= 0.3 is 5.97 Å². The van der Waals surface area contributed by atoms with Crippen LogP contribution in [0.4, 0.5) is 0 Å². The molecule has 0 aliphatic carbocycles. The molecule has 1 saturated heterocycles. The summed E-state index contributed by atoms with van der Waals surface area (Å²) < 4.78 is 27.2. The van der Waals surface area contributed by atoms with E-state index in [9.17, 15) is 13.2 Å². The third-order valence-electron chi connectivity index (χ3n) is 3.17. The van der Waals surface area contributed by atoms with Gasteiger partial charge in [0.2, 0.25) is 0 Å². The zero-order valence-corrected chi connectivity index (χ0v) is 10.8. The maximum absolute atomic E-state index is 11.3. The van der Waals surface area contributed by atoms with E-state index in [1.807, 2.05) is 18.9 Å². The summed E-state index contributed by atoms with van der Waals surface area (Å²) in [6.45, 7) is 1.90. The highest BCUT2D eigenvalue weighted by atomic mass is 32.2. The van der Waals surface area contributed by atoms with Crippen LogP contribution in [0, 0.1) is 0 Å². The van der Waals surface area contributed by atoms with Crippen molar-refractivity contribution in [1.82, 2.24) is 4.90 Å². The first-order chi connectivity index (χ1) is 7.35. The maximum atomic E-state index is 11.3. The molecule has 16 heavy (non-hydrogen) atoms. The van der Waals surface area contributed by atoms with Gasteiger partial charge in [-0.05, 0) is 20.4 Å². The van der Waals surface area contributed by atoms with Gasteiger partial charge in [0, 0.05) is 12.1 Å². The molecule has 0 aromatic carbocycles. The van der Waals surface area contributed by atoms with Crippen LogP contribution in [0.3, 0.4) is 0 Å². The van der Waals surface area contributed by atoms with E-state index >= 15 is 0 Å². The molecule has 2 atom stereocenters. The highest BCUT2D eigenvalue weighted by molar-refractivity contribution is 7.91. The molecule has 1 rings (SSSR count). The van der Waals surface area contributed by atoms with Crippen molar-refractivity contribution in [1.29, 1.82) is 0 Å². The van der Waals surface area contributed by atoms with Gasteiger partial charge in [-0.15, -0.1) is 0 Å². The Kier molecular flexibility index (Phi) is 4.32. The quantitative estimate of drug-likeness (QED) is 0.659. The SMILES string of the molecule is COC(=O)CC(C)N(C)C1CCS(=O)(=O)C1. The van der Waals surface area contributed by atoms with Gasteiger partial charge < -0.3 is 4.74 Å². The molecule has 0 amide bonds. The highest BCUT2D eigenvalue weighted by Crippen LogP contribution is 2.19. The average molecular weight is 249 g/mol. The summed E-state index contributed by atoms with van der Waals surface area (Å²) in [7, 11) is 0.351. The van der Waals surface area contributed by atoms with Crippen LogP contribution < -0.4 is 0 Å². The Morgan fingerprint density at radius 1 is 1.56 bits per heavy atom. The van der Waals surface area contributed by atoms with Gasteiger partial charge in [-0.25, -0.2) is 8.42 Å². The van der Waals surface area contributed by atoms with Gasteiger partial charge in [0.05, 0.1) is 25.0 Å². The minimum atomic E-state index is -2.87. The Balaban J connectivity index is 2.52. The number of hydrogen-bond donors (Lipinski definition) is 0. The molecule has 0 saturated carbocycles. The predicted octanol–water partition coefficient (Wildman–Crippen LogP) is 0.0569. The van der Waals surface area contributed by atoms with Crippen LogP contribution in [0.1, 0.15) is 19.8 Å². The molecule has 94 valence electrons. The van der Waals surface area contributed by atoms with Crippen LogP contribution in [0.2, 0.25) is 0 Å². The number of ether oxygens (including phenoxy) is 1. The van der Waals surface area contributed by atoms with Gasteiger partial charge in [0.25, 0.3) is 0 Å². The van der Waals surface area contributed by atoms with Crippen molar-refractivity contribution in [2.75, 3.05) is 25.7 Å². The van der Waals surface area contributed by atoms with Crippen LogP contribution >= 0.6 is 0 Å². The molecular formula is C10H19NO4S. The monoisotopic (exact) mass is 249 g/mol. The largest absolute Gasteiger partial charge is 0.469 e. The van der Waals surface area contributed by atoms with E-state index in [1.165, 1.54) is 7.11 Å². The summed E-state index contributed by atoms with van der Waals surface area (Å²) in [5.74, 6) is 0.197. The summed E-state index contributed by atoms with van der Waals surface area (Å²) in [6, 6.07) is 0.0374. The molecule has 0 radical (unpaired) electrons. The van der Waals surface area contributed by atoms with E-state index in [4.69, 9.17) is 0 Å². The Bertz CT molecular complexity index is 352. The van der Waals surface area contributed by atoms with Crippen LogP contribution in [-0.4, -0.2) is 57.0 Å². The van der Waals surface area contributed by atoms with Crippen LogP contribution in [0.25, 0.3) is 0 Å². The number of methoxy groups -OCH3 is 1. The second-order valence-electron chi connectivity index (χ2n) is 4.35. The van der Waals surface area contributed by atoms with E-state index in [0.29, 0.717) is 12.8 Å². The lowest BCUT2D eigenvalue weighted by molar-refractivity contribution is -0.141. The maximum Gasteiger partial charge on any atom is 0.307 e. The highest BCUT2D eigenvalue weighted by Gasteiger charge is 2.32. The first kappa shape index (κ1) is 13.4. The van der Waals surface area contributed by atoms with Gasteiger partial charge in [0.15, 0.2) is 9.84 Å². The van der Waals surface area contributed by atoms with Crippen molar-refractivity contribution in [3.8, 4) is 0 Å². The van der Waals surface area contributed by atoms with E-state index in [-0.39, 0.29) is 29.6 Å². The van der Waals surface area contributed by atoms with E-state index in [2.05, 4.69) is 4.74 Å². The summed E-state index contributed by atoms with van der Waals surface area (Å²) in [4.78, 5) is 13.1. The number of hydrogen-bond acceptors (Lipinski definition) is 5. The molecule has 1 fully saturated rings. The molecule has 0 aromatic rings. The van der Waals surface area contributed by atoms with Gasteiger partial charge in [-0.2, -0.15) is 0 Å². The molecule has 0 aromatic heterocycles. The van der Waals surface area contributed by atoms with Crippen LogP contribution in [0.5, 0.6) is 0 Å². The Labute approximate surface area is 96.7 Å². The molecule has 0 bridgehead atoms. The first-order valence-electron chi connectivity index (χ1n) is 5.35. The minimum absolute atomic E-state index is 0.00532. The van der Waals surface area contributed by atoms with E-state index in [0.717, 1.165) is 0 Å². The predicted molar refractivity (Wildman–Crippen MR) is 60.9 cm³/mol. The summed E-state index contributed by atoms with van der Waals surface area (Å²) >= 11 is 0. The van der Waals surface area contributed by atoms with Crippen LogP contribution in [0.15, 0.2) is 0 Å². The average Bonchev–Trinajstić information content (AvgIpc) is 2.57. The fourth-order valence-corrected chi connectivity index (χ4v) is 3.71. The summed E-state index contributed by atoms with van der Waals surface area (Å²) in [6.07, 6.45) is 0.952. The molecule has 0 N–H and O–H groups in total. The third-order valence-corrected chi connectivity index (χ3v) is 4.92.